The largest absolute Gasteiger partial charge is 0.324 e. The minimum Gasteiger partial charge on any atom is -0.319 e. The van der Waals surface area contributed by atoms with Crippen LogP contribution in [-0.4, -0.2) is 51.8 Å². The molecule has 0 saturated carbocycles. The van der Waals surface area contributed by atoms with Crippen molar-refractivity contribution in [2.45, 2.75) is 6.42 Å². The summed E-state index contributed by atoms with van der Waals surface area (Å²) in [6, 6.07) is 5.51. The molecule has 1 saturated heterocycles. The minimum absolute atomic E-state index is 0.0298. The van der Waals surface area contributed by atoms with Crippen LogP contribution in [0.25, 0.3) is 0 Å². The quantitative estimate of drug-likeness (QED) is 0.788. The van der Waals surface area contributed by atoms with Gasteiger partial charge in [0.05, 0.1) is 11.9 Å². The summed E-state index contributed by atoms with van der Waals surface area (Å²) in [6.45, 7) is 5.99. The number of rotatable bonds is 4. The van der Waals surface area contributed by atoms with Crippen molar-refractivity contribution in [2.75, 3.05) is 41.6 Å². The minimum atomic E-state index is -3.24. The normalized spacial score (nSPS) is 18.0. The van der Waals surface area contributed by atoms with Crippen molar-refractivity contribution in [3.8, 4) is 0 Å². The fourth-order valence-electron chi connectivity index (χ4n) is 3.02. The standard InChI is InChI=1S/C15H19N3O3S/c1-3-7-16-9-10-17(15(16)19)13-4-5-14-12(11-13)6-8-18(14)22(2,20)21/h3-5,11H,1,6-10H2,2H3. The van der Waals surface area contributed by atoms with Crippen LogP contribution in [0.4, 0.5) is 16.2 Å². The zero-order valence-electron chi connectivity index (χ0n) is 12.5. The van der Waals surface area contributed by atoms with Crippen LogP contribution in [0.2, 0.25) is 0 Å². The number of hydrogen-bond donors (Lipinski definition) is 0. The highest BCUT2D eigenvalue weighted by atomic mass is 32.2. The molecule has 2 aliphatic rings. The van der Waals surface area contributed by atoms with Gasteiger partial charge in [-0.15, -0.1) is 6.58 Å². The fraction of sp³-hybridized carbons (Fsp3) is 0.400. The number of sulfonamides is 1. The van der Waals surface area contributed by atoms with Crippen molar-refractivity contribution in [2.24, 2.45) is 0 Å². The maximum atomic E-state index is 12.3. The molecule has 6 nitrogen and oxygen atoms in total. The molecule has 0 N–H and O–H groups in total. The molecule has 0 atom stereocenters. The number of benzene rings is 1. The molecule has 0 spiro atoms. The Morgan fingerprint density at radius 3 is 2.73 bits per heavy atom. The molecule has 118 valence electrons. The van der Waals surface area contributed by atoms with E-state index in [1.54, 1.807) is 21.9 Å². The molecule has 2 heterocycles. The molecule has 22 heavy (non-hydrogen) atoms. The summed E-state index contributed by atoms with van der Waals surface area (Å²) < 4.78 is 24.9. The molecule has 1 aromatic carbocycles. The Labute approximate surface area is 130 Å². The van der Waals surface area contributed by atoms with E-state index >= 15 is 0 Å². The lowest BCUT2D eigenvalue weighted by atomic mass is 10.1. The number of amides is 2. The third-order valence-electron chi connectivity index (χ3n) is 4.07. The van der Waals surface area contributed by atoms with Gasteiger partial charge in [0.1, 0.15) is 0 Å². The smallest absolute Gasteiger partial charge is 0.319 e. The molecule has 1 aromatic rings. The van der Waals surface area contributed by atoms with Gasteiger partial charge in [-0.25, -0.2) is 13.2 Å². The van der Waals surface area contributed by atoms with E-state index in [-0.39, 0.29) is 6.03 Å². The fourth-order valence-corrected chi connectivity index (χ4v) is 3.98. The Hall–Kier alpha value is -2.02. The van der Waals surface area contributed by atoms with Crippen LogP contribution in [0.15, 0.2) is 30.9 Å². The van der Waals surface area contributed by atoms with Gasteiger partial charge in [-0.2, -0.15) is 0 Å². The zero-order chi connectivity index (χ0) is 15.9. The zero-order valence-corrected chi connectivity index (χ0v) is 13.3. The molecule has 0 bridgehead atoms. The van der Waals surface area contributed by atoms with E-state index in [1.807, 2.05) is 12.1 Å². The van der Waals surface area contributed by atoms with Crippen LogP contribution in [-0.2, 0) is 16.4 Å². The number of urea groups is 1. The molecule has 0 radical (unpaired) electrons. The molecule has 2 aliphatic heterocycles. The van der Waals surface area contributed by atoms with Gasteiger partial charge in [0.15, 0.2) is 0 Å². The van der Waals surface area contributed by atoms with E-state index in [4.69, 9.17) is 0 Å². The van der Waals surface area contributed by atoms with Gasteiger partial charge >= 0.3 is 6.03 Å². The van der Waals surface area contributed by atoms with Crippen molar-refractivity contribution < 1.29 is 13.2 Å². The van der Waals surface area contributed by atoms with Gasteiger partial charge in [0.25, 0.3) is 0 Å². The third kappa shape index (κ3) is 2.45. The lowest BCUT2D eigenvalue weighted by Crippen LogP contribution is -2.31. The van der Waals surface area contributed by atoms with E-state index in [0.717, 1.165) is 16.9 Å². The van der Waals surface area contributed by atoms with Crippen molar-refractivity contribution in [1.29, 1.82) is 0 Å². The first-order chi connectivity index (χ1) is 10.4. The van der Waals surface area contributed by atoms with Gasteiger partial charge < -0.3 is 4.90 Å². The molecule has 0 unspecified atom stereocenters. The molecule has 0 aliphatic carbocycles. The van der Waals surface area contributed by atoms with Gasteiger partial charge in [0.2, 0.25) is 10.0 Å². The second kappa shape index (κ2) is 5.31. The first-order valence-electron chi connectivity index (χ1n) is 7.20. The van der Waals surface area contributed by atoms with Gasteiger partial charge in [0, 0.05) is 31.9 Å². The van der Waals surface area contributed by atoms with Crippen LogP contribution in [0, 0.1) is 0 Å². The maximum Gasteiger partial charge on any atom is 0.324 e. The summed E-state index contributed by atoms with van der Waals surface area (Å²) in [5.41, 5.74) is 2.52. The van der Waals surface area contributed by atoms with Crippen LogP contribution in [0.3, 0.4) is 0 Å². The predicted molar refractivity (Wildman–Crippen MR) is 86.8 cm³/mol. The van der Waals surface area contributed by atoms with E-state index in [2.05, 4.69) is 6.58 Å². The number of fused-ring (bicyclic) bond motifs is 1. The number of carbonyl (C=O) groups is 1. The van der Waals surface area contributed by atoms with Crippen LogP contribution in [0.1, 0.15) is 5.56 Å². The summed E-state index contributed by atoms with van der Waals surface area (Å²) >= 11 is 0. The highest BCUT2D eigenvalue weighted by Gasteiger charge is 2.31. The highest BCUT2D eigenvalue weighted by Crippen LogP contribution is 2.34. The van der Waals surface area contributed by atoms with Crippen molar-refractivity contribution in [3.05, 3.63) is 36.4 Å². The summed E-state index contributed by atoms with van der Waals surface area (Å²) in [7, 11) is -3.24. The summed E-state index contributed by atoms with van der Waals surface area (Å²) in [5, 5.41) is 0. The molecule has 7 heteroatoms. The van der Waals surface area contributed by atoms with Gasteiger partial charge in [-0.05, 0) is 30.2 Å². The summed E-state index contributed by atoms with van der Waals surface area (Å²) in [5.74, 6) is 0. The number of hydrogen-bond acceptors (Lipinski definition) is 3. The molecule has 2 amide bonds. The Kier molecular flexibility index (Phi) is 3.60. The SMILES string of the molecule is C=CCN1CCN(c2ccc3c(c2)CCN3S(C)(=O)=O)C1=O. The summed E-state index contributed by atoms with van der Waals surface area (Å²) in [4.78, 5) is 15.8. The van der Waals surface area contributed by atoms with E-state index in [0.29, 0.717) is 32.6 Å². The van der Waals surface area contributed by atoms with E-state index in [1.165, 1.54) is 10.6 Å². The number of nitrogens with zero attached hydrogens (tertiary/aromatic N) is 3. The monoisotopic (exact) mass is 321 g/mol. The number of carbonyl (C=O) groups excluding carboxylic acids is 1. The lowest BCUT2D eigenvalue weighted by molar-refractivity contribution is 0.225. The van der Waals surface area contributed by atoms with E-state index < -0.39 is 10.0 Å². The predicted octanol–water partition coefficient (Wildman–Crippen LogP) is 1.44. The summed E-state index contributed by atoms with van der Waals surface area (Å²) in [6.07, 6.45) is 3.61. The van der Waals surface area contributed by atoms with Gasteiger partial charge in [-0.1, -0.05) is 6.08 Å². The van der Waals surface area contributed by atoms with Crippen LogP contribution in [0.5, 0.6) is 0 Å². The van der Waals surface area contributed by atoms with Crippen LogP contribution < -0.4 is 9.21 Å². The first-order valence-corrected chi connectivity index (χ1v) is 9.04. The van der Waals surface area contributed by atoms with Crippen molar-refractivity contribution in [3.63, 3.8) is 0 Å². The third-order valence-corrected chi connectivity index (χ3v) is 5.25. The van der Waals surface area contributed by atoms with Crippen LogP contribution >= 0.6 is 0 Å². The molecule has 1 fully saturated rings. The molecule has 3 rings (SSSR count). The highest BCUT2D eigenvalue weighted by molar-refractivity contribution is 7.92. The maximum absolute atomic E-state index is 12.3. The topological polar surface area (TPSA) is 60.9 Å². The van der Waals surface area contributed by atoms with Gasteiger partial charge in [-0.3, -0.25) is 9.21 Å². The van der Waals surface area contributed by atoms with Crippen molar-refractivity contribution in [1.82, 2.24) is 4.90 Å². The van der Waals surface area contributed by atoms with E-state index in [9.17, 15) is 13.2 Å². The second-order valence-electron chi connectivity index (χ2n) is 5.57. The first kappa shape index (κ1) is 14.9. The lowest BCUT2D eigenvalue weighted by Gasteiger charge is -2.20. The molecular weight excluding hydrogens is 302 g/mol. The van der Waals surface area contributed by atoms with Crippen molar-refractivity contribution >= 4 is 27.4 Å². The molecule has 0 aromatic heterocycles. The number of anilines is 2. The Bertz CT molecular complexity index is 730. The Morgan fingerprint density at radius 2 is 2.05 bits per heavy atom. The average Bonchev–Trinajstić information content (AvgIpc) is 3.03. The molecular formula is C15H19N3O3S. The Morgan fingerprint density at radius 1 is 1.27 bits per heavy atom. The Balaban J connectivity index is 1.87. The second-order valence-corrected chi connectivity index (χ2v) is 7.47. The average molecular weight is 321 g/mol.